The number of fused-ring (bicyclic) bond motifs is 1. The Kier molecular flexibility index (Phi) is 6.72. The maximum absolute atomic E-state index is 9.98. The van der Waals surface area contributed by atoms with E-state index in [2.05, 4.69) is 20.4 Å². The van der Waals surface area contributed by atoms with Crippen LogP contribution in [0.2, 0.25) is 0 Å². The molecule has 0 atom stereocenters. The molecule has 1 amide bonds. The molecular formula is C24H27N5O2. The van der Waals surface area contributed by atoms with E-state index in [1.54, 1.807) is 6.20 Å². The molecule has 160 valence electrons. The Bertz CT molecular complexity index is 1050. The molecular weight excluding hydrogens is 390 g/mol. The Balaban J connectivity index is 0.000000172. The SMILES string of the molecule is C1CCCC1.NC(=O)C1CC1.c1ccc2oc(-c3ccc(-c4cn[nH]n4)cc3)nc2c1. The molecule has 0 saturated heterocycles. The van der Waals surface area contributed by atoms with E-state index in [0.717, 1.165) is 40.8 Å². The van der Waals surface area contributed by atoms with Crippen LogP contribution in [0.1, 0.15) is 44.9 Å². The van der Waals surface area contributed by atoms with Crippen molar-refractivity contribution in [3.8, 4) is 22.7 Å². The number of rotatable bonds is 3. The number of amides is 1. The van der Waals surface area contributed by atoms with Gasteiger partial charge in [-0.3, -0.25) is 4.79 Å². The van der Waals surface area contributed by atoms with Crippen molar-refractivity contribution in [3.63, 3.8) is 0 Å². The van der Waals surface area contributed by atoms with E-state index in [1.165, 1.54) is 32.1 Å². The van der Waals surface area contributed by atoms with Crippen LogP contribution >= 0.6 is 0 Å². The number of hydrogen-bond donors (Lipinski definition) is 2. The molecule has 7 nitrogen and oxygen atoms in total. The number of carbonyl (C=O) groups is 1. The second-order valence-corrected chi connectivity index (χ2v) is 7.86. The summed E-state index contributed by atoms with van der Waals surface area (Å²) >= 11 is 0. The fraction of sp³-hybridized carbons (Fsp3) is 0.333. The number of oxazole rings is 1. The number of nitrogens with two attached hydrogens (primary N) is 1. The first-order valence-electron chi connectivity index (χ1n) is 10.8. The minimum atomic E-state index is -0.130. The van der Waals surface area contributed by atoms with Crippen LogP contribution in [0.3, 0.4) is 0 Å². The van der Waals surface area contributed by atoms with E-state index in [9.17, 15) is 4.79 Å². The molecule has 0 unspecified atom stereocenters. The van der Waals surface area contributed by atoms with Gasteiger partial charge in [0.15, 0.2) is 5.58 Å². The summed E-state index contributed by atoms with van der Waals surface area (Å²) in [5.74, 6) is 0.734. The minimum Gasteiger partial charge on any atom is -0.436 e. The molecule has 2 fully saturated rings. The van der Waals surface area contributed by atoms with Gasteiger partial charge < -0.3 is 10.2 Å². The van der Waals surface area contributed by atoms with Crippen LogP contribution in [-0.4, -0.2) is 26.3 Å². The van der Waals surface area contributed by atoms with Crippen molar-refractivity contribution in [2.75, 3.05) is 0 Å². The van der Waals surface area contributed by atoms with Crippen LogP contribution in [-0.2, 0) is 4.79 Å². The summed E-state index contributed by atoms with van der Waals surface area (Å²) in [5, 5.41) is 10.5. The largest absolute Gasteiger partial charge is 0.436 e. The van der Waals surface area contributed by atoms with Crippen molar-refractivity contribution in [1.29, 1.82) is 0 Å². The number of nitrogens with one attached hydrogen (secondary N) is 1. The average molecular weight is 418 g/mol. The van der Waals surface area contributed by atoms with Crippen LogP contribution in [0.4, 0.5) is 0 Å². The van der Waals surface area contributed by atoms with Gasteiger partial charge in [-0.1, -0.05) is 56.4 Å². The Morgan fingerprint density at radius 2 is 1.58 bits per heavy atom. The Morgan fingerprint density at radius 1 is 0.935 bits per heavy atom. The molecule has 6 rings (SSSR count). The van der Waals surface area contributed by atoms with Gasteiger partial charge in [-0.05, 0) is 37.1 Å². The topological polar surface area (TPSA) is 111 Å². The fourth-order valence-corrected chi connectivity index (χ4v) is 3.37. The molecule has 3 N–H and O–H groups in total. The summed E-state index contributed by atoms with van der Waals surface area (Å²) in [6.45, 7) is 0. The van der Waals surface area contributed by atoms with Gasteiger partial charge in [0.25, 0.3) is 0 Å². The van der Waals surface area contributed by atoms with Gasteiger partial charge in [0, 0.05) is 17.0 Å². The highest BCUT2D eigenvalue weighted by molar-refractivity contribution is 5.78. The zero-order chi connectivity index (χ0) is 21.5. The first-order chi connectivity index (χ1) is 15.2. The van der Waals surface area contributed by atoms with Crippen LogP contribution in [0.25, 0.3) is 33.8 Å². The van der Waals surface area contributed by atoms with Crippen LogP contribution in [0.15, 0.2) is 59.1 Å². The lowest BCUT2D eigenvalue weighted by atomic mass is 10.1. The predicted octanol–water partition coefficient (Wildman–Crippen LogP) is 5.11. The summed E-state index contributed by atoms with van der Waals surface area (Å²) in [5.41, 5.74) is 9.27. The van der Waals surface area contributed by atoms with Crippen molar-refractivity contribution < 1.29 is 9.21 Å². The third-order valence-electron chi connectivity index (χ3n) is 5.37. The van der Waals surface area contributed by atoms with Crippen LogP contribution in [0.5, 0.6) is 0 Å². The van der Waals surface area contributed by atoms with Crippen LogP contribution in [0, 0.1) is 5.92 Å². The maximum Gasteiger partial charge on any atom is 0.227 e. The minimum absolute atomic E-state index is 0.130. The molecule has 0 radical (unpaired) electrons. The number of benzene rings is 2. The second-order valence-electron chi connectivity index (χ2n) is 7.86. The third kappa shape index (κ3) is 5.78. The second kappa shape index (κ2) is 10.0. The Morgan fingerprint density at radius 3 is 2.10 bits per heavy atom. The highest BCUT2D eigenvalue weighted by Gasteiger charge is 2.26. The molecule has 2 heterocycles. The lowest BCUT2D eigenvalue weighted by Crippen LogP contribution is -2.11. The summed E-state index contributed by atoms with van der Waals surface area (Å²) < 4.78 is 5.74. The van der Waals surface area contributed by atoms with Gasteiger partial charge in [-0.15, -0.1) is 0 Å². The number of para-hydroxylation sites is 2. The molecule has 31 heavy (non-hydrogen) atoms. The molecule has 2 aromatic carbocycles. The Labute approximate surface area is 181 Å². The van der Waals surface area contributed by atoms with E-state index in [-0.39, 0.29) is 11.8 Å². The first kappa shape index (κ1) is 20.8. The summed E-state index contributed by atoms with van der Waals surface area (Å²) in [6, 6.07) is 15.6. The molecule has 2 aliphatic rings. The number of aromatic nitrogens is 4. The molecule has 0 bridgehead atoms. The predicted molar refractivity (Wildman–Crippen MR) is 120 cm³/mol. The first-order valence-corrected chi connectivity index (χ1v) is 10.8. The van der Waals surface area contributed by atoms with E-state index in [4.69, 9.17) is 10.2 Å². The van der Waals surface area contributed by atoms with Gasteiger partial charge in [0.05, 0.1) is 6.20 Å². The zero-order valence-corrected chi connectivity index (χ0v) is 17.5. The lowest BCUT2D eigenvalue weighted by molar-refractivity contribution is -0.119. The monoisotopic (exact) mass is 417 g/mol. The maximum atomic E-state index is 9.98. The molecule has 7 heteroatoms. The summed E-state index contributed by atoms with van der Waals surface area (Å²) in [4.78, 5) is 14.5. The summed E-state index contributed by atoms with van der Waals surface area (Å²) in [7, 11) is 0. The molecule has 4 aromatic rings. The fourth-order valence-electron chi connectivity index (χ4n) is 3.37. The number of hydrogen-bond acceptors (Lipinski definition) is 5. The highest BCUT2D eigenvalue weighted by atomic mass is 16.3. The summed E-state index contributed by atoms with van der Waals surface area (Å²) in [6.07, 6.45) is 11.2. The smallest absolute Gasteiger partial charge is 0.227 e. The third-order valence-corrected chi connectivity index (χ3v) is 5.37. The molecule has 2 saturated carbocycles. The van der Waals surface area contributed by atoms with Crippen molar-refractivity contribution in [2.45, 2.75) is 44.9 Å². The van der Waals surface area contributed by atoms with Gasteiger partial charge in [0.2, 0.25) is 11.8 Å². The van der Waals surface area contributed by atoms with E-state index in [1.807, 2.05) is 48.5 Å². The van der Waals surface area contributed by atoms with Gasteiger partial charge in [0.1, 0.15) is 11.2 Å². The number of H-pyrrole nitrogens is 1. The van der Waals surface area contributed by atoms with Gasteiger partial charge in [-0.2, -0.15) is 15.4 Å². The van der Waals surface area contributed by atoms with Crippen molar-refractivity contribution in [2.24, 2.45) is 11.7 Å². The highest BCUT2D eigenvalue weighted by Crippen LogP contribution is 2.27. The van der Waals surface area contributed by atoms with E-state index in [0.29, 0.717) is 5.89 Å². The Hall–Kier alpha value is -3.48. The zero-order valence-electron chi connectivity index (χ0n) is 17.5. The van der Waals surface area contributed by atoms with E-state index >= 15 is 0 Å². The van der Waals surface area contributed by atoms with Crippen LogP contribution < -0.4 is 5.73 Å². The average Bonchev–Trinajstić information content (AvgIpc) is 3.24. The molecule has 0 spiro atoms. The number of carbonyl (C=O) groups excluding carboxylic acids is 1. The van der Waals surface area contributed by atoms with Gasteiger partial charge in [-0.25, -0.2) is 4.98 Å². The molecule has 0 aliphatic heterocycles. The lowest BCUT2D eigenvalue weighted by Gasteiger charge is -1.97. The number of nitrogens with zero attached hydrogens (tertiary/aromatic N) is 3. The van der Waals surface area contributed by atoms with E-state index < -0.39 is 0 Å². The quantitative estimate of drug-likeness (QED) is 0.481. The van der Waals surface area contributed by atoms with Gasteiger partial charge >= 0.3 is 0 Å². The normalized spacial score (nSPS) is 15.0. The standard InChI is InChI=1S/C15H10N4O.C5H10.C4H7NO/c1-2-4-14-12(3-1)17-15(20-14)11-7-5-10(6-8-11)13-9-16-19-18-13;1-2-4-5-3-1;5-4(6)3-1-2-3/h1-9H,(H,16,18,19);1-5H2;3H,1-2H2,(H2,5,6). The molecule has 2 aliphatic carbocycles. The molecule has 2 aromatic heterocycles. The van der Waals surface area contributed by atoms with Crippen molar-refractivity contribution in [1.82, 2.24) is 20.4 Å². The van der Waals surface area contributed by atoms with Crippen molar-refractivity contribution in [3.05, 3.63) is 54.7 Å². The number of primary amides is 1. The van der Waals surface area contributed by atoms with Crippen molar-refractivity contribution >= 4 is 17.0 Å². The number of aromatic amines is 1.